The number of aromatic hydroxyl groups is 1. The van der Waals surface area contributed by atoms with Gasteiger partial charge in [0.2, 0.25) is 0 Å². The number of phenolic OH excluding ortho intramolecular Hbond substituents is 1. The Morgan fingerprint density at radius 3 is 3.20 bits per heavy atom. The first-order valence-corrected chi connectivity index (χ1v) is 7.57. The molecule has 0 bridgehead atoms. The third-order valence-electron chi connectivity index (χ3n) is 4.38. The van der Waals surface area contributed by atoms with Gasteiger partial charge in [-0.1, -0.05) is 6.07 Å². The zero-order valence-electron chi connectivity index (χ0n) is 12.1. The summed E-state index contributed by atoms with van der Waals surface area (Å²) in [7, 11) is 2.14. The molecule has 110 valence electrons. The summed E-state index contributed by atoms with van der Waals surface area (Å²) in [6.07, 6.45) is 3.74. The Morgan fingerprint density at radius 1 is 1.45 bits per heavy atom. The van der Waals surface area contributed by atoms with Gasteiger partial charge in [0.1, 0.15) is 5.75 Å². The summed E-state index contributed by atoms with van der Waals surface area (Å²) < 4.78 is 5.80. The number of hydrogen-bond acceptors (Lipinski definition) is 4. The van der Waals surface area contributed by atoms with Gasteiger partial charge in [-0.3, -0.25) is 0 Å². The summed E-state index contributed by atoms with van der Waals surface area (Å²) in [5, 5.41) is 13.3. The lowest BCUT2D eigenvalue weighted by molar-refractivity contribution is -0.0195. The maximum atomic E-state index is 9.70. The highest BCUT2D eigenvalue weighted by molar-refractivity contribution is 5.38. The maximum Gasteiger partial charge on any atom is 0.115 e. The number of nitrogens with zero attached hydrogens (tertiary/aromatic N) is 1. The van der Waals surface area contributed by atoms with E-state index in [9.17, 15) is 5.11 Å². The van der Waals surface area contributed by atoms with Crippen LogP contribution in [0.3, 0.4) is 0 Å². The summed E-state index contributed by atoms with van der Waals surface area (Å²) in [5.74, 6) is 0.367. The molecule has 2 N–H and O–H groups in total. The number of phenols is 1. The molecule has 4 heteroatoms. The number of benzene rings is 1. The number of nitrogens with one attached hydrogen (secondary N) is 1. The Hall–Kier alpha value is -1.10. The van der Waals surface area contributed by atoms with E-state index in [-0.39, 0.29) is 6.10 Å². The first-order chi connectivity index (χ1) is 9.72. The van der Waals surface area contributed by atoms with Gasteiger partial charge in [-0.2, -0.15) is 0 Å². The average molecular weight is 276 g/mol. The van der Waals surface area contributed by atoms with Gasteiger partial charge >= 0.3 is 0 Å². The fourth-order valence-corrected chi connectivity index (χ4v) is 3.26. The molecule has 0 aromatic heterocycles. The van der Waals surface area contributed by atoms with Crippen molar-refractivity contribution in [1.82, 2.24) is 10.2 Å². The second kappa shape index (κ2) is 6.12. The van der Waals surface area contributed by atoms with Crippen LogP contribution in [0, 0.1) is 0 Å². The molecular formula is C16H24N2O2. The Kier molecular flexibility index (Phi) is 4.24. The van der Waals surface area contributed by atoms with Crippen molar-refractivity contribution in [1.29, 1.82) is 0 Å². The van der Waals surface area contributed by atoms with Gasteiger partial charge in [-0.15, -0.1) is 0 Å². The third-order valence-corrected chi connectivity index (χ3v) is 4.38. The van der Waals surface area contributed by atoms with Crippen molar-refractivity contribution in [2.75, 3.05) is 33.3 Å². The molecule has 1 aromatic rings. The Labute approximate surface area is 120 Å². The summed E-state index contributed by atoms with van der Waals surface area (Å²) in [5.41, 5.74) is 2.63. The van der Waals surface area contributed by atoms with E-state index in [0.29, 0.717) is 11.8 Å². The zero-order chi connectivity index (χ0) is 13.9. The molecule has 3 rings (SSSR count). The number of fused-ring (bicyclic) bond motifs is 1. The minimum atomic E-state index is 0.274. The van der Waals surface area contributed by atoms with Crippen LogP contribution >= 0.6 is 0 Å². The number of ether oxygens (including phenoxy) is 1. The van der Waals surface area contributed by atoms with Crippen molar-refractivity contribution < 1.29 is 9.84 Å². The second-order valence-electron chi connectivity index (χ2n) is 5.99. The molecule has 20 heavy (non-hydrogen) atoms. The van der Waals surface area contributed by atoms with Gasteiger partial charge in [0.05, 0.1) is 12.7 Å². The van der Waals surface area contributed by atoms with Gasteiger partial charge in [0, 0.05) is 25.7 Å². The molecule has 0 saturated carbocycles. The van der Waals surface area contributed by atoms with Crippen LogP contribution in [0.15, 0.2) is 18.2 Å². The lowest BCUT2D eigenvalue weighted by Gasteiger charge is -2.33. The molecule has 1 fully saturated rings. The molecule has 1 saturated heterocycles. The third kappa shape index (κ3) is 3.14. The summed E-state index contributed by atoms with van der Waals surface area (Å²) >= 11 is 0. The van der Waals surface area contributed by atoms with Crippen LogP contribution in [0.5, 0.6) is 5.75 Å². The van der Waals surface area contributed by atoms with Crippen molar-refractivity contribution >= 4 is 0 Å². The minimum absolute atomic E-state index is 0.274. The zero-order valence-corrected chi connectivity index (χ0v) is 12.1. The number of hydrogen-bond donors (Lipinski definition) is 2. The highest BCUT2D eigenvalue weighted by Crippen LogP contribution is 2.32. The fraction of sp³-hybridized carbons (Fsp3) is 0.625. The molecule has 1 aliphatic heterocycles. The molecule has 0 amide bonds. The lowest BCUT2D eigenvalue weighted by Crippen LogP contribution is -2.45. The normalized spacial score (nSPS) is 27.2. The van der Waals surface area contributed by atoms with Crippen molar-refractivity contribution in [3.05, 3.63) is 29.3 Å². The van der Waals surface area contributed by atoms with E-state index < -0.39 is 0 Å². The SMILES string of the molecule is CN1CCOC(CNC2CCCc3ccc(O)cc32)C1. The molecule has 2 aliphatic rings. The Morgan fingerprint density at radius 2 is 2.35 bits per heavy atom. The summed E-state index contributed by atoms with van der Waals surface area (Å²) in [6, 6.07) is 6.12. The standard InChI is InChI=1S/C16H24N2O2/c1-18-7-8-20-14(11-18)10-17-16-4-2-3-12-5-6-13(19)9-15(12)16/h5-6,9,14,16-17,19H,2-4,7-8,10-11H2,1H3. The first kappa shape index (κ1) is 13.9. The lowest BCUT2D eigenvalue weighted by atomic mass is 9.87. The van der Waals surface area contributed by atoms with Gasteiger partial charge < -0.3 is 20.1 Å². The van der Waals surface area contributed by atoms with Gasteiger partial charge in [-0.05, 0) is 49.6 Å². The number of aryl methyl sites for hydroxylation is 1. The molecule has 1 aromatic carbocycles. The van der Waals surface area contributed by atoms with E-state index in [4.69, 9.17) is 4.74 Å². The summed E-state index contributed by atoms with van der Waals surface area (Å²) in [4.78, 5) is 2.32. The quantitative estimate of drug-likeness (QED) is 0.882. The highest BCUT2D eigenvalue weighted by Gasteiger charge is 2.23. The second-order valence-corrected chi connectivity index (χ2v) is 5.99. The molecule has 2 unspecified atom stereocenters. The van der Waals surface area contributed by atoms with E-state index >= 15 is 0 Å². The predicted octanol–water partition coefficient (Wildman–Crippen LogP) is 1.69. The predicted molar refractivity (Wildman–Crippen MR) is 79.0 cm³/mol. The maximum absolute atomic E-state index is 9.70. The van der Waals surface area contributed by atoms with E-state index in [1.165, 1.54) is 17.5 Å². The monoisotopic (exact) mass is 276 g/mol. The van der Waals surface area contributed by atoms with E-state index in [1.807, 2.05) is 6.07 Å². The molecule has 4 nitrogen and oxygen atoms in total. The molecule has 1 heterocycles. The van der Waals surface area contributed by atoms with Crippen LogP contribution < -0.4 is 5.32 Å². The smallest absolute Gasteiger partial charge is 0.115 e. The van der Waals surface area contributed by atoms with Crippen LogP contribution in [0.25, 0.3) is 0 Å². The molecule has 2 atom stereocenters. The number of likely N-dealkylation sites (N-methyl/N-ethyl adjacent to an activating group) is 1. The van der Waals surface area contributed by atoms with Crippen molar-refractivity contribution in [2.45, 2.75) is 31.4 Å². The van der Waals surface area contributed by atoms with Crippen LogP contribution in [-0.2, 0) is 11.2 Å². The van der Waals surface area contributed by atoms with Crippen LogP contribution in [-0.4, -0.2) is 49.4 Å². The van der Waals surface area contributed by atoms with Crippen molar-refractivity contribution in [3.8, 4) is 5.75 Å². The van der Waals surface area contributed by atoms with E-state index in [2.05, 4.69) is 23.3 Å². The fourth-order valence-electron chi connectivity index (χ4n) is 3.26. The van der Waals surface area contributed by atoms with Crippen LogP contribution in [0.1, 0.15) is 30.0 Å². The Balaban J connectivity index is 1.62. The largest absolute Gasteiger partial charge is 0.508 e. The number of rotatable bonds is 3. The van der Waals surface area contributed by atoms with E-state index in [1.54, 1.807) is 6.07 Å². The van der Waals surface area contributed by atoms with Gasteiger partial charge in [0.25, 0.3) is 0 Å². The first-order valence-electron chi connectivity index (χ1n) is 7.57. The topological polar surface area (TPSA) is 44.7 Å². The van der Waals surface area contributed by atoms with Crippen molar-refractivity contribution in [3.63, 3.8) is 0 Å². The van der Waals surface area contributed by atoms with Gasteiger partial charge in [-0.25, -0.2) is 0 Å². The Bertz CT molecular complexity index is 464. The summed E-state index contributed by atoms with van der Waals surface area (Å²) in [6.45, 7) is 3.72. The van der Waals surface area contributed by atoms with Crippen LogP contribution in [0.4, 0.5) is 0 Å². The molecular weight excluding hydrogens is 252 g/mol. The molecule has 0 spiro atoms. The van der Waals surface area contributed by atoms with Crippen molar-refractivity contribution in [2.24, 2.45) is 0 Å². The van der Waals surface area contributed by atoms with E-state index in [0.717, 1.165) is 39.1 Å². The molecule has 0 radical (unpaired) electrons. The number of morpholine rings is 1. The molecule has 1 aliphatic carbocycles. The highest BCUT2D eigenvalue weighted by atomic mass is 16.5. The van der Waals surface area contributed by atoms with Crippen LogP contribution in [0.2, 0.25) is 0 Å². The average Bonchev–Trinajstić information content (AvgIpc) is 2.45. The van der Waals surface area contributed by atoms with Gasteiger partial charge in [0.15, 0.2) is 0 Å². The minimum Gasteiger partial charge on any atom is -0.508 e.